The lowest BCUT2D eigenvalue weighted by atomic mass is 10.1. The van der Waals surface area contributed by atoms with Gasteiger partial charge in [-0.2, -0.15) is 0 Å². The van der Waals surface area contributed by atoms with Gasteiger partial charge in [0.15, 0.2) is 0 Å². The molecule has 2 rings (SSSR count). The summed E-state index contributed by atoms with van der Waals surface area (Å²) in [4.78, 5) is 23.5. The molecule has 19 heavy (non-hydrogen) atoms. The number of halogens is 3. The van der Waals surface area contributed by atoms with Crippen LogP contribution < -0.4 is 4.90 Å². The lowest BCUT2D eigenvalue weighted by Crippen LogP contribution is -2.26. The third kappa shape index (κ3) is 2.71. The van der Waals surface area contributed by atoms with E-state index in [0.717, 1.165) is 12.1 Å². The van der Waals surface area contributed by atoms with Crippen molar-refractivity contribution >= 4 is 44.8 Å². The molecule has 1 amide bonds. The summed E-state index contributed by atoms with van der Waals surface area (Å²) < 4.78 is 13.4. The highest BCUT2D eigenvalue weighted by molar-refractivity contribution is 9.10. The van der Waals surface area contributed by atoms with Gasteiger partial charge in [0, 0.05) is 18.8 Å². The van der Waals surface area contributed by atoms with E-state index < -0.39 is 16.4 Å². The Morgan fingerprint density at radius 1 is 1.58 bits per heavy atom. The number of hydrogen-bond acceptors (Lipinski definition) is 3. The molecule has 1 aliphatic heterocycles. The van der Waals surface area contributed by atoms with Gasteiger partial charge in [-0.25, -0.2) is 4.39 Å². The van der Waals surface area contributed by atoms with E-state index in [4.69, 9.17) is 11.6 Å². The van der Waals surface area contributed by atoms with Crippen LogP contribution in [0.25, 0.3) is 0 Å². The van der Waals surface area contributed by atoms with Crippen LogP contribution in [0.5, 0.6) is 0 Å². The molecule has 8 heteroatoms. The van der Waals surface area contributed by atoms with Gasteiger partial charge in [0.05, 0.1) is 15.5 Å². The van der Waals surface area contributed by atoms with Crippen molar-refractivity contribution in [2.45, 2.75) is 6.42 Å². The van der Waals surface area contributed by atoms with Crippen molar-refractivity contribution in [3.63, 3.8) is 0 Å². The van der Waals surface area contributed by atoms with E-state index >= 15 is 0 Å². The van der Waals surface area contributed by atoms with Gasteiger partial charge in [-0.15, -0.1) is 11.6 Å². The van der Waals surface area contributed by atoms with Gasteiger partial charge in [-0.05, 0) is 27.9 Å². The molecule has 0 spiro atoms. The fourth-order valence-corrected chi connectivity index (χ4v) is 2.90. The molecule has 1 saturated heterocycles. The van der Waals surface area contributed by atoms with Crippen LogP contribution in [-0.4, -0.2) is 23.3 Å². The molecule has 102 valence electrons. The summed E-state index contributed by atoms with van der Waals surface area (Å²) in [5.74, 6) is -0.732. The van der Waals surface area contributed by atoms with E-state index in [-0.39, 0.29) is 28.4 Å². The molecule has 5 nitrogen and oxygen atoms in total. The predicted molar refractivity (Wildman–Crippen MR) is 71.9 cm³/mol. The minimum Gasteiger partial charge on any atom is -0.305 e. The van der Waals surface area contributed by atoms with Gasteiger partial charge < -0.3 is 4.90 Å². The molecular weight excluding hydrogens is 342 g/mol. The van der Waals surface area contributed by atoms with Gasteiger partial charge in [-0.3, -0.25) is 14.9 Å². The van der Waals surface area contributed by atoms with E-state index in [2.05, 4.69) is 15.9 Å². The van der Waals surface area contributed by atoms with Crippen LogP contribution in [0, 0.1) is 21.8 Å². The Morgan fingerprint density at radius 3 is 2.79 bits per heavy atom. The molecule has 0 N–H and O–H groups in total. The third-order valence-electron chi connectivity index (χ3n) is 2.90. The summed E-state index contributed by atoms with van der Waals surface area (Å²) in [6, 6.07) is 1.91. The van der Waals surface area contributed by atoms with Crippen molar-refractivity contribution in [1.82, 2.24) is 0 Å². The molecule has 1 unspecified atom stereocenters. The second-order valence-corrected chi connectivity index (χ2v) is 5.40. The minimum atomic E-state index is -0.733. The molecule has 1 atom stereocenters. The Morgan fingerprint density at radius 2 is 2.26 bits per heavy atom. The molecule has 1 aromatic rings. The maximum absolute atomic E-state index is 13.2. The molecule has 0 aromatic heterocycles. The number of carbonyl (C=O) groups excluding carboxylic acids is 1. The first kappa shape index (κ1) is 14.2. The van der Waals surface area contributed by atoms with E-state index in [9.17, 15) is 19.3 Å². The number of carbonyl (C=O) groups is 1. The first-order valence-electron chi connectivity index (χ1n) is 5.43. The average molecular weight is 352 g/mol. The Hall–Kier alpha value is -1.21. The second-order valence-electron chi connectivity index (χ2n) is 4.24. The summed E-state index contributed by atoms with van der Waals surface area (Å²) in [5.41, 5.74) is -0.348. The summed E-state index contributed by atoms with van der Waals surface area (Å²) in [5, 5.41) is 11.0. The minimum absolute atomic E-state index is 0.0503. The van der Waals surface area contributed by atoms with Gasteiger partial charge in [0.1, 0.15) is 11.5 Å². The molecular formula is C11H9BrClFN2O3. The summed E-state index contributed by atoms with van der Waals surface area (Å²) in [7, 11) is 0. The fraction of sp³-hybridized carbons (Fsp3) is 0.364. The number of nitro groups is 1. The zero-order valence-electron chi connectivity index (χ0n) is 9.61. The smallest absolute Gasteiger partial charge is 0.297 e. The number of nitrogens with zero attached hydrogens (tertiary/aromatic N) is 2. The standard InChI is InChI=1S/C11H9BrClFN2O3/c12-8-2-7(14)3-9(16(18)19)11(8)15-5-6(4-13)1-10(15)17/h2-3,6H,1,4-5H2. The maximum Gasteiger partial charge on any atom is 0.297 e. The van der Waals surface area contributed by atoms with Gasteiger partial charge >= 0.3 is 0 Å². The first-order chi connectivity index (χ1) is 8.93. The van der Waals surface area contributed by atoms with E-state index in [1.807, 2.05) is 0 Å². The highest BCUT2D eigenvalue weighted by Gasteiger charge is 2.35. The Labute approximate surface area is 121 Å². The average Bonchev–Trinajstić information content (AvgIpc) is 2.69. The highest BCUT2D eigenvalue weighted by atomic mass is 79.9. The Balaban J connectivity index is 2.50. The molecule has 0 aliphatic carbocycles. The molecule has 1 aromatic carbocycles. The van der Waals surface area contributed by atoms with Crippen molar-refractivity contribution in [1.29, 1.82) is 0 Å². The zero-order chi connectivity index (χ0) is 14.2. The monoisotopic (exact) mass is 350 g/mol. The highest BCUT2D eigenvalue weighted by Crippen LogP contribution is 2.39. The largest absolute Gasteiger partial charge is 0.305 e. The summed E-state index contributed by atoms with van der Waals surface area (Å²) >= 11 is 8.78. The van der Waals surface area contributed by atoms with Gasteiger partial charge in [-0.1, -0.05) is 0 Å². The van der Waals surface area contributed by atoms with E-state index in [0.29, 0.717) is 12.4 Å². The van der Waals surface area contributed by atoms with Crippen molar-refractivity contribution in [2.24, 2.45) is 5.92 Å². The van der Waals surface area contributed by atoms with Crippen LogP contribution in [0.3, 0.4) is 0 Å². The topological polar surface area (TPSA) is 63.5 Å². The molecule has 0 radical (unpaired) electrons. The summed E-state index contributed by atoms with van der Waals surface area (Å²) in [6.45, 7) is 0.299. The van der Waals surface area contributed by atoms with Crippen LogP contribution in [-0.2, 0) is 4.79 Å². The van der Waals surface area contributed by atoms with Crippen LogP contribution in [0.4, 0.5) is 15.8 Å². The van der Waals surface area contributed by atoms with Crippen molar-refractivity contribution < 1.29 is 14.1 Å². The third-order valence-corrected chi connectivity index (χ3v) is 3.94. The number of amides is 1. The number of nitro benzene ring substituents is 1. The normalized spacial score (nSPS) is 19.0. The number of benzene rings is 1. The van der Waals surface area contributed by atoms with Crippen molar-refractivity contribution in [3.05, 3.63) is 32.5 Å². The van der Waals surface area contributed by atoms with Gasteiger partial charge in [0.2, 0.25) is 5.91 Å². The lowest BCUT2D eigenvalue weighted by Gasteiger charge is -2.18. The lowest BCUT2D eigenvalue weighted by molar-refractivity contribution is -0.384. The summed E-state index contributed by atoms with van der Waals surface area (Å²) in [6.07, 6.45) is 0.241. The second kappa shape index (κ2) is 5.42. The van der Waals surface area contributed by atoms with Crippen LogP contribution >= 0.6 is 27.5 Å². The van der Waals surface area contributed by atoms with E-state index in [1.165, 1.54) is 4.90 Å². The van der Waals surface area contributed by atoms with Crippen LogP contribution in [0.2, 0.25) is 0 Å². The zero-order valence-corrected chi connectivity index (χ0v) is 11.9. The number of alkyl halides is 1. The number of hydrogen-bond donors (Lipinski definition) is 0. The Bertz CT molecular complexity index is 555. The van der Waals surface area contributed by atoms with Crippen molar-refractivity contribution in [3.8, 4) is 0 Å². The first-order valence-corrected chi connectivity index (χ1v) is 6.76. The van der Waals surface area contributed by atoms with Crippen LogP contribution in [0.1, 0.15) is 6.42 Å². The molecule has 1 heterocycles. The Kier molecular flexibility index (Phi) is 4.05. The maximum atomic E-state index is 13.2. The molecule has 1 fully saturated rings. The molecule has 0 saturated carbocycles. The quantitative estimate of drug-likeness (QED) is 0.477. The van der Waals surface area contributed by atoms with Crippen LogP contribution in [0.15, 0.2) is 16.6 Å². The number of anilines is 1. The van der Waals surface area contributed by atoms with E-state index in [1.54, 1.807) is 0 Å². The SMILES string of the molecule is O=C1CC(CCl)CN1c1c(Br)cc(F)cc1[N+](=O)[O-]. The molecule has 1 aliphatic rings. The van der Waals surface area contributed by atoms with Gasteiger partial charge in [0.25, 0.3) is 5.69 Å². The fourth-order valence-electron chi connectivity index (χ4n) is 2.06. The van der Waals surface area contributed by atoms with Crippen molar-refractivity contribution in [2.75, 3.05) is 17.3 Å². The number of rotatable bonds is 3. The molecule has 0 bridgehead atoms. The predicted octanol–water partition coefficient (Wildman–Crippen LogP) is 3.09.